The van der Waals surface area contributed by atoms with Crippen molar-refractivity contribution in [1.29, 1.82) is 0 Å². The van der Waals surface area contributed by atoms with Gasteiger partial charge in [0.2, 0.25) is 0 Å². The van der Waals surface area contributed by atoms with E-state index < -0.39 is 71.8 Å². The third-order valence-corrected chi connectivity index (χ3v) is 18.2. The third-order valence-electron chi connectivity index (χ3n) is 18.2. The second-order valence-electron chi connectivity index (χ2n) is 23.9. The number of ether oxygens (including phenoxy) is 6. The molecule has 3 saturated carbocycles. The van der Waals surface area contributed by atoms with Crippen molar-refractivity contribution >= 4 is 35.8 Å². The van der Waals surface area contributed by atoms with Crippen molar-refractivity contribution in [2.75, 3.05) is 39.6 Å². The van der Waals surface area contributed by atoms with E-state index >= 15 is 0 Å². The Kier molecular flexibility index (Phi) is 23.0. The normalized spacial score (nSPS) is 23.7. The molecule has 458 valence electrons. The summed E-state index contributed by atoms with van der Waals surface area (Å²) < 4.78 is 36.9. The maximum Gasteiger partial charge on any atom is 0.338 e. The lowest BCUT2D eigenvalue weighted by Crippen LogP contribution is -2.38. The van der Waals surface area contributed by atoms with Crippen molar-refractivity contribution in [2.45, 2.75) is 82.0 Å². The van der Waals surface area contributed by atoms with Crippen LogP contribution in [0.15, 0.2) is 182 Å². The molecule has 0 aliphatic heterocycles. The average Bonchev–Trinajstić information content (AvgIpc) is 1.79. The van der Waals surface area contributed by atoms with Gasteiger partial charge in [0.15, 0.2) is 0 Å². The Balaban J connectivity index is 0.991. The number of esters is 6. The van der Waals surface area contributed by atoms with Crippen LogP contribution < -0.4 is 22.9 Å². The minimum atomic E-state index is -0.954. The van der Waals surface area contributed by atoms with E-state index in [1.54, 1.807) is 48.5 Å². The number of carbonyl (C=O) groups excluding carboxylic acids is 6. The van der Waals surface area contributed by atoms with Crippen LogP contribution in [0, 0.1) is 59.2 Å². The highest BCUT2D eigenvalue weighted by Crippen LogP contribution is 2.56. The largest absolute Gasteiger partial charge is 0.464 e. The summed E-state index contributed by atoms with van der Waals surface area (Å²) in [5, 5.41) is 0. The summed E-state index contributed by atoms with van der Waals surface area (Å²) in [5.74, 6) is -5.66. The van der Waals surface area contributed by atoms with Gasteiger partial charge in [0, 0.05) is 23.7 Å². The molecule has 9 rings (SSSR count). The molecule has 14 atom stereocenters. The van der Waals surface area contributed by atoms with E-state index in [-0.39, 0.29) is 113 Å². The second-order valence-corrected chi connectivity index (χ2v) is 23.9. The van der Waals surface area contributed by atoms with Crippen molar-refractivity contribution in [1.82, 2.24) is 0 Å². The van der Waals surface area contributed by atoms with Gasteiger partial charge in [-0.25, -0.2) is 9.59 Å². The molecular formula is C71H82N4O12. The Labute approximate surface area is 509 Å². The summed E-state index contributed by atoms with van der Waals surface area (Å²) in [6.45, 7) is -0.173. The predicted molar refractivity (Wildman–Crippen MR) is 328 cm³/mol. The van der Waals surface area contributed by atoms with Gasteiger partial charge in [-0.3, -0.25) is 19.2 Å². The van der Waals surface area contributed by atoms with Crippen LogP contribution in [0.25, 0.3) is 0 Å². The Bertz CT molecular complexity index is 2930. The first-order valence-electron chi connectivity index (χ1n) is 30.6. The highest BCUT2D eigenvalue weighted by molar-refractivity contribution is 5.89. The number of hydrogen-bond acceptors (Lipinski definition) is 16. The lowest BCUT2D eigenvalue weighted by atomic mass is 9.77. The molecule has 0 heterocycles. The third kappa shape index (κ3) is 17.8. The first kappa shape index (κ1) is 63.5. The fourth-order valence-corrected chi connectivity index (χ4v) is 13.7. The van der Waals surface area contributed by atoms with E-state index in [0.29, 0.717) is 30.4 Å². The van der Waals surface area contributed by atoms with Crippen LogP contribution >= 0.6 is 0 Å². The molecule has 87 heavy (non-hydrogen) atoms. The Hall–Kier alpha value is -8.02. The summed E-state index contributed by atoms with van der Waals surface area (Å²) in [5.41, 5.74) is 30.3. The van der Waals surface area contributed by atoms with Gasteiger partial charge in [0.05, 0.1) is 50.8 Å². The van der Waals surface area contributed by atoms with Crippen LogP contribution in [0.5, 0.6) is 0 Å². The number of rotatable bonds is 28. The highest BCUT2D eigenvalue weighted by Gasteiger charge is 2.53. The summed E-state index contributed by atoms with van der Waals surface area (Å²) in [4.78, 5) is 82.8. The zero-order valence-electron chi connectivity index (χ0n) is 49.2. The van der Waals surface area contributed by atoms with Crippen LogP contribution in [-0.2, 0) is 73.3 Å². The monoisotopic (exact) mass is 1180 g/mol. The van der Waals surface area contributed by atoms with Gasteiger partial charge in [-0.1, -0.05) is 158 Å². The molecule has 0 spiro atoms. The maximum atomic E-state index is 13.8. The summed E-state index contributed by atoms with van der Waals surface area (Å²) in [6.07, 6.45) is 4.45. The number of benzene rings is 6. The smallest absolute Gasteiger partial charge is 0.338 e. The molecule has 0 saturated heterocycles. The predicted octanol–water partition coefficient (Wildman–Crippen LogP) is 8.31. The molecule has 0 amide bonds. The van der Waals surface area contributed by atoms with E-state index in [1.807, 2.05) is 133 Å². The van der Waals surface area contributed by atoms with E-state index in [0.717, 1.165) is 35.1 Å². The lowest BCUT2D eigenvalue weighted by molar-refractivity contribution is -0.151. The molecule has 6 aromatic carbocycles. The molecule has 0 bridgehead atoms. The Morgan fingerprint density at radius 2 is 0.575 bits per heavy atom. The summed E-state index contributed by atoms with van der Waals surface area (Å²) in [6, 6.07) is 51.6. The minimum Gasteiger partial charge on any atom is -0.464 e. The van der Waals surface area contributed by atoms with Crippen molar-refractivity contribution in [3.8, 4) is 0 Å². The van der Waals surface area contributed by atoms with Crippen LogP contribution in [0.3, 0.4) is 0 Å². The Morgan fingerprint density at radius 3 is 0.862 bits per heavy atom. The minimum absolute atomic E-state index is 0.00297. The first-order chi connectivity index (χ1) is 42.3. The van der Waals surface area contributed by atoms with E-state index in [9.17, 15) is 28.8 Å². The molecule has 3 aliphatic rings. The zero-order chi connectivity index (χ0) is 61.1. The summed E-state index contributed by atoms with van der Waals surface area (Å²) in [7, 11) is 0. The van der Waals surface area contributed by atoms with Crippen molar-refractivity contribution in [3.63, 3.8) is 0 Å². The molecule has 0 aromatic heterocycles. The van der Waals surface area contributed by atoms with Gasteiger partial charge in [0.25, 0.3) is 0 Å². The van der Waals surface area contributed by atoms with Crippen molar-refractivity contribution in [3.05, 3.63) is 215 Å². The van der Waals surface area contributed by atoms with Gasteiger partial charge in [-0.2, -0.15) is 0 Å². The van der Waals surface area contributed by atoms with Gasteiger partial charge in [0.1, 0.15) is 24.2 Å². The van der Waals surface area contributed by atoms with Crippen molar-refractivity contribution < 1.29 is 57.2 Å². The molecule has 3 aliphatic carbocycles. The Morgan fingerprint density at radius 1 is 0.322 bits per heavy atom. The van der Waals surface area contributed by atoms with Crippen LogP contribution in [0.1, 0.15) is 75.1 Å². The van der Waals surface area contributed by atoms with Gasteiger partial charge >= 0.3 is 35.8 Å². The molecule has 16 nitrogen and oxygen atoms in total. The molecule has 0 radical (unpaired) electrons. The van der Waals surface area contributed by atoms with Crippen molar-refractivity contribution in [2.24, 2.45) is 82.1 Å². The molecule has 0 unspecified atom stereocenters. The fourth-order valence-electron chi connectivity index (χ4n) is 13.7. The standard InChI is InChI=1S/C71H82N4O12/c72-62(33-46-19-7-1-8-20-46)68(78)82-40-54-38-56(60(44-84-66(76)50-27-15-5-16-28-50)58(54)42-86-70(80)64(74)35-48-23-11-3-12-24-48)52-31-32-53(37-52)57-39-55(41-83-69(79)63(73)34-47-21-9-2-10-22-47)59(61(57)45-85-67(77)51-29-17-6-18-30-51)43-87-71(81)65(75)36-49-25-13-4-14-26-49/h1-30,52-65H,31-45,72-75H2/t52-,53+,54+,55-,56+,57-,58-,59+,60+,61-,62-,63-,64-,65-/m0/s1. The van der Waals surface area contributed by atoms with Crippen LogP contribution in [-0.4, -0.2) is 99.6 Å². The average molecular weight is 1180 g/mol. The quantitative estimate of drug-likeness (QED) is 0.0266. The SMILES string of the molecule is N[C@@H](Cc1ccccc1)C(=O)OC[C@@H]1C[C@@H]([C@@H]2CC[C@H]([C@H]3C[C@H](COC(=O)[C@@H](N)Cc4ccccc4)[C@H](COC(=O)[C@@H](N)Cc4ccccc4)[C@@H]3COC(=O)c3ccccc3)C2)[C@H](COC(=O)c2ccccc2)[C@@H]1COC(=O)[C@@H](N)Cc1ccccc1. The molecule has 6 aromatic rings. The lowest BCUT2D eigenvalue weighted by Gasteiger charge is -2.31. The van der Waals surface area contributed by atoms with E-state index in [1.165, 1.54) is 0 Å². The molecule has 8 N–H and O–H groups in total. The van der Waals surface area contributed by atoms with Gasteiger partial charge in [-0.15, -0.1) is 0 Å². The van der Waals surface area contributed by atoms with Crippen LogP contribution in [0.4, 0.5) is 0 Å². The topological polar surface area (TPSA) is 262 Å². The van der Waals surface area contributed by atoms with Gasteiger partial charge < -0.3 is 51.4 Å². The highest BCUT2D eigenvalue weighted by atomic mass is 16.6. The number of nitrogens with two attached hydrogens (primary N) is 4. The fraction of sp³-hybridized carbons (Fsp3) is 0.408. The van der Waals surface area contributed by atoms with E-state index in [4.69, 9.17) is 51.4 Å². The first-order valence-corrected chi connectivity index (χ1v) is 30.6. The second kappa shape index (κ2) is 31.6. The summed E-state index contributed by atoms with van der Waals surface area (Å²) >= 11 is 0. The number of carbonyl (C=O) groups is 6. The number of hydrogen-bond donors (Lipinski definition) is 4. The maximum absolute atomic E-state index is 13.8. The van der Waals surface area contributed by atoms with Crippen LogP contribution in [0.2, 0.25) is 0 Å². The molecule has 3 fully saturated rings. The zero-order valence-corrected chi connectivity index (χ0v) is 49.2. The molecular weight excluding hydrogens is 1100 g/mol. The molecule has 16 heteroatoms. The van der Waals surface area contributed by atoms with E-state index in [2.05, 4.69) is 0 Å². The van der Waals surface area contributed by atoms with Gasteiger partial charge in [-0.05, 0) is 140 Å².